The minimum Gasteiger partial charge on any atom is -0.481 e. The summed E-state index contributed by atoms with van der Waals surface area (Å²) in [7, 11) is 0. The molecular weight excluding hydrogens is 448 g/mol. The van der Waals surface area contributed by atoms with Crippen molar-refractivity contribution in [3.8, 4) is 11.1 Å². The van der Waals surface area contributed by atoms with Gasteiger partial charge >= 0.3 is 12.1 Å². The summed E-state index contributed by atoms with van der Waals surface area (Å²) in [6, 6.07) is 19.1. The van der Waals surface area contributed by atoms with Crippen molar-refractivity contribution in [2.75, 3.05) is 6.61 Å². The maximum absolute atomic E-state index is 12.4. The van der Waals surface area contributed by atoms with Gasteiger partial charge in [-0.1, -0.05) is 55.5 Å². The summed E-state index contributed by atoms with van der Waals surface area (Å²) in [5.74, 6) is -0.850. The molecule has 35 heavy (non-hydrogen) atoms. The Bertz CT molecular complexity index is 1170. The van der Waals surface area contributed by atoms with Gasteiger partial charge in [-0.2, -0.15) is 0 Å². The standard InChI is InChI=1S/C27H28N2O6/c1-2-17(11-14-25(30)31)29-26(32)24-13-12-18(35-24)15-28-27(33)34-16-23-21-9-5-3-7-19(21)20-8-4-6-10-22(20)23/h3-10,12-13,17,23H,2,11,14-16H2,1H3,(H,28,33)(H,29,32)(H,30,31). The number of fused-ring (bicyclic) bond motifs is 3. The van der Waals surface area contributed by atoms with Crippen molar-refractivity contribution in [3.63, 3.8) is 0 Å². The van der Waals surface area contributed by atoms with E-state index in [9.17, 15) is 14.4 Å². The molecule has 0 saturated carbocycles. The lowest BCUT2D eigenvalue weighted by atomic mass is 9.98. The molecule has 3 N–H and O–H groups in total. The van der Waals surface area contributed by atoms with Gasteiger partial charge in [-0.15, -0.1) is 0 Å². The van der Waals surface area contributed by atoms with Gasteiger partial charge in [0.15, 0.2) is 5.76 Å². The number of carbonyl (C=O) groups is 3. The number of carboxylic acid groups (broad SMARTS) is 1. The predicted octanol–water partition coefficient (Wildman–Crippen LogP) is 4.69. The number of hydrogen-bond donors (Lipinski definition) is 3. The molecule has 8 heteroatoms. The molecule has 3 aromatic rings. The minimum atomic E-state index is -0.905. The second kappa shape index (κ2) is 10.9. The van der Waals surface area contributed by atoms with Crippen LogP contribution in [0.4, 0.5) is 4.79 Å². The topological polar surface area (TPSA) is 118 Å². The molecular formula is C27H28N2O6. The first-order valence-corrected chi connectivity index (χ1v) is 11.7. The predicted molar refractivity (Wildman–Crippen MR) is 129 cm³/mol. The normalized spacial score (nSPS) is 12.9. The van der Waals surface area contributed by atoms with Crippen molar-refractivity contribution < 1.29 is 28.6 Å². The van der Waals surface area contributed by atoms with Gasteiger partial charge in [-0.05, 0) is 47.2 Å². The van der Waals surface area contributed by atoms with E-state index in [4.69, 9.17) is 14.3 Å². The number of furan rings is 1. The van der Waals surface area contributed by atoms with E-state index >= 15 is 0 Å². The van der Waals surface area contributed by atoms with Gasteiger partial charge in [0.2, 0.25) is 0 Å². The van der Waals surface area contributed by atoms with Crippen LogP contribution in [0.15, 0.2) is 65.1 Å². The van der Waals surface area contributed by atoms with E-state index in [0.717, 1.165) is 22.3 Å². The second-order valence-corrected chi connectivity index (χ2v) is 8.46. The van der Waals surface area contributed by atoms with E-state index in [1.807, 2.05) is 31.2 Å². The van der Waals surface area contributed by atoms with Crippen molar-refractivity contribution in [3.05, 3.63) is 83.3 Å². The SMILES string of the molecule is CCC(CCC(=O)O)NC(=O)c1ccc(CNC(=O)OCC2c3ccccc3-c3ccccc32)o1. The van der Waals surface area contributed by atoms with E-state index in [0.29, 0.717) is 18.6 Å². The molecule has 0 saturated heterocycles. The lowest BCUT2D eigenvalue weighted by Gasteiger charge is -2.15. The molecule has 4 rings (SSSR count). The molecule has 0 fully saturated rings. The molecule has 0 aliphatic heterocycles. The van der Waals surface area contributed by atoms with Crippen molar-refractivity contribution >= 4 is 18.0 Å². The quantitative estimate of drug-likeness (QED) is 0.391. The summed E-state index contributed by atoms with van der Waals surface area (Å²) in [6.45, 7) is 2.15. The highest BCUT2D eigenvalue weighted by Gasteiger charge is 2.29. The van der Waals surface area contributed by atoms with Gasteiger partial charge in [0.1, 0.15) is 12.4 Å². The Balaban J connectivity index is 1.28. The first kappa shape index (κ1) is 24.1. The summed E-state index contributed by atoms with van der Waals surface area (Å²) in [5, 5.41) is 14.3. The maximum atomic E-state index is 12.4. The van der Waals surface area contributed by atoms with Crippen LogP contribution in [0.25, 0.3) is 11.1 Å². The lowest BCUT2D eigenvalue weighted by Crippen LogP contribution is -2.34. The third-order valence-electron chi connectivity index (χ3n) is 6.17. The fourth-order valence-corrected chi connectivity index (χ4v) is 4.34. The van der Waals surface area contributed by atoms with E-state index in [1.54, 1.807) is 6.07 Å². The fraction of sp³-hybridized carbons (Fsp3) is 0.296. The van der Waals surface area contributed by atoms with Crippen LogP contribution in [0.5, 0.6) is 0 Å². The first-order chi connectivity index (χ1) is 17.0. The zero-order valence-corrected chi connectivity index (χ0v) is 19.5. The summed E-state index contributed by atoms with van der Waals surface area (Å²) < 4.78 is 11.0. The van der Waals surface area contributed by atoms with E-state index in [2.05, 4.69) is 34.9 Å². The number of carboxylic acids is 1. The lowest BCUT2D eigenvalue weighted by molar-refractivity contribution is -0.137. The van der Waals surface area contributed by atoms with Gasteiger partial charge in [0.05, 0.1) is 6.54 Å². The smallest absolute Gasteiger partial charge is 0.407 e. The molecule has 8 nitrogen and oxygen atoms in total. The van der Waals surface area contributed by atoms with Crippen molar-refractivity contribution in [2.24, 2.45) is 0 Å². The Labute approximate surface area is 203 Å². The minimum absolute atomic E-state index is 0.0216. The van der Waals surface area contributed by atoms with Crippen LogP contribution >= 0.6 is 0 Å². The Morgan fingerprint density at radius 3 is 2.29 bits per heavy atom. The number of rotatable bonds is 10. The number of ether oxygens (including phenoxy) is 1. The number of nitrogens with one attached hydrogen (secondary N) is 2. The van der Waals surface area contributed by atoms with E-state index in [1.165, 1.54) is 6.07 Å². The van der Waals surface area contributed by atoms with Crippen LogP contribution in [0.1, 0.15) is 59.5 Å². The molecule has 0 spiro atoms. The van der Waals surface area contributed by atoms with Crippen LogP contribution in [0.3, 0.4) is 0 Å². The molecule has 0 radical (unpaired) electrons. The van der Waals surface area contributed by atoms with Crippen LogP contribution in [-0.2, 0) is 16.1 Å². The third kappa shape index (κ3) is 5.71. The number of aliphatic carboxylic acids is 1. The Kier molecular flexibility index (Phi) is 7.50. The number of alkyl carbamates (subject to hydrolysis) is 1. The molecule has 0 bridgehead atoms. The average Bonchev–Trinajstić information content (AvgIpc) is 3.47. The number of amides is 2. The molecule has 1 atom stereocenters. The summed E-state index contributed by atoms with van der Waals surface area (Å²) >= 11 is 0. The first-order valence-electron chi connectivity index (χ1n) is 11.7. The van der Waals surface area contributed by atoms with Gasteiger partial charge in [-0.25, -0.2) is 4.79 Å². The van der Waals surface area contributed by atoms with E-state index < -0.39 is 18.0 Å². The largest absolute Gasteiger partial charge is 0.481 e. The Morgan fingerprint density at radius 2 is 1.66 bits per heavy atom. The molecule has 2 amide bonds. The summed E-state index contributed by atoms with van der Waals surface area (Å²) in [4.78, 5) is 35.5. The fourth-order valence-electron chi connectivity index (χ4n) is 4.34. The van der Waals surface area contributed by atoms with Crippen LogP contribution in [0, 0.1) is 0 Å². The number of benzene rings is 2. The molecule has 1 aliphatic rings. The highest BCUT2D eigenvalue weighted by Crippen LogP contribution is 2.44. The molecule has 1 aromatic heterocycles. The Hall–Kier alpha value is -4.07. The van der Waals surface area contributed by atoms with Crippen molar-refractivity contribution in [2.45, 2.75) is 44.7 Å². The molecule has 1 unspecified atom stereocenters. The van der Waals surface area contributed by atoms with Crippen LogP contribution < -0.4 is 10.6 Å². The van der Waals surface area contributed by atoms with Gasteiger partial charge in [0, 0.05) is 18.4 Å². The highest BCUT2D eigenvalue weighted by atomic mass is 16.5. The summed E-state index contributed by atoms with van der Waals surface area (Å²) in [6.07, 6.45) is 0.352. The average molecular weight is 477 g/mol. The van der Waals surface area contributed by atoms with E-state index in [-0.39, 0.29) is 37.3 Å². The summed E-state index contributed by atoms with van der Waals surface area (Å²) in [5.41, 5.74) is 4.59. The molecule has 1 aliphatic carbocycles. The zero-order valence-electron chi connectivity index (χ0n) is 19.5. The van der Waals surface area contributed by atoms with Crippen LogP contribution in [-0.4, -0.2) is 35.7 Å². The second-order valence-electron chi connectivity index (χ2n) is 8.46. The third-order valence-corrected chi connectivity index (χ3v) is 6.17. The molecule has 182 valence electrons. The van der Waals surface area contributed by atoms with Gasteiger partial charge in [0.25, 0.3) is 5.91 Å². The monoisotopic (exact) mass is 476 g/mol. The molecule has 1 heterocycles. The zero-order chi connectivity index (χ0) is 24.8. The molecule has 2 aromatic carbocycles. The number of hydrogen-bond acceptors (Lipinski definition) is 5. The number of carbonyl (C=O) groups excluding carboxylic acids is 2. The maximum Gasteiger partial charge on any atom is 0.407 e. The van der Waals surface area contributed by atoms with Crippen molar-refractivity contribution in [1.82, 2.24) is 10.6 Å². The van der Waals surface area contributed by atoms with Gasteiger partial charge < -0.3 is 24.9 Å². The Morgan fingerprint density at radius 1 is 1.00 bits per heavy atom. The van der Waals surface area contributed by atoms with Gasteiger partial charge in [-0.3, -0.25) is 9.59 Å². The highest BCUT2D eigenvalue weighted by molar-refractivity contribution is 5.91. The van der Waals surface area contributed by atoms with Crippen molar-refractivity contribution in [1.29, 1.82) is 0 Å². The van der Waals surface area contributed by atoms with Crippen LogP contribution in [0.2, 0.25) is 0 Å².